The van der Waals surface area contributed by atoms with Crippen molar-refractivity contribution in [3.8, 4) is 23.1 Å². The number of hydrogen-bond acceptors (Lipinski definition) is 6. The summed E-state index contributed by atoms with van der Waals surface area (Å²) in [7, 11) is 2.72. The Labute approximate surface area is 198 Å². The summed E-state index contributed by atoms with van der Waals surface area (Å²) < 4.78 is 60.0. The average molecular weight is 494 g/mol. The molecular weight excluding hydrogens is 475 g/mol. The lowest BCUT2D eigenvalue weighted by Gasteiger charge is -2.22. The molecule has 0 spiro atoms. The first-order valence-electron chi connectivity index (χ1n) is 9.71. The number of carbonyl (C=O) groups excluding carboxylic acids is 1. The molecular formula is C24H19ClF3NO5. The Balaban J connectivity index is 1.82. The van der Waals surface area contributed by atoms with Crippen molar-refractivity contribution in [2.24, 2.45) is 0 Å². The van der Waals surface area contributed by atoms with Crippen LogP contribution in [-0.2, 0) is 15.7 Å². The fraction of sp³-hybridized carbons (Fsp3) is 0.167. The number of para-hydroxylation sites is 1. The molecule has 34 heavy (non-hydrogen) atoms. The van der Waals surface area contributed by atoms with Crippen molar-refractivity contribution in [3.05, 3.63) is 89.1 Å². The summed E-state index contributed by atoms with van der Waals surface area (Å²) in [5.74, 6) is 0.246. The largest absolute Gasteiger partial charge is 0.496 e. The van der Waals surface area contributed by atoms with Gasteiger partial charge in [-0.25, -0.2) is 9.78 Å². The highest BCUT2D eigenvalue weighted by atomic mass is 35.5. The molecule has 1 aromatic heterocycles. The van der Waals surface area contributed by atoms with Crippen LogP contribution >= 0.6 is 11.6 Å². The maximum absolute atomic E-state index is 12.8. The van der Waals surface area contributed by atoms with Crippen molar-refractivity contribution >= 4 is 17.6 Å². The Hall–Kier alpha value is -3.72. The van der Waals surface area contributed by atoms with E-state index in [9.17, 15) is 18.0 Å². The molecule has 0 aliphatic rings. The number of alkyl halides is 3. The molecule has 0 saturated heterocycles. The monoisotopic (exact) mass is 493 g/mol. The van der Waals surface area contributed by atoms with Crippen LogP contribution in [0.15, 0.2) is 72.9 Å². The molecule has 0 aliphatic carbocycles. The lowest BCUT2D eigenvalue weighted by atomic mass is 10.0. The van der Waals surface area contributed by atoms with E-state index in [0.29, 0.717) is 23.3 Å². The molecule has 1 atom stereocenters. The van der Waals surface area contributed by atoms with E-state index in [1.807, 2.05) is 0 Å². The maximum atomic E-state index is 12.8. The molecule has 0 saturated carbocycles. The van der Waals surface area contributed by atoms with Crippen molar-refractivity contribution in [3.63, 3.8) is 0 Å². The molecule has 1 unspecified atom stereocenters. The highest BCUT2D eigenvalue weighted by molar-refractivity contribution is 6.31. The molecule has 0 bridgehead atoms. The second-order valence-corrected chi connectivity index (χ2v) is 7.25. The van der Waals surface area contributed by atoms with Gasteiger partial charge in [0.15, 0.2) is 6.10 Å². The zero-order valence-electron chi connectivity index (χ0n) is 18.1. The Morgan fingerprint density at radius 1 is 1.06 bits per heavy atom. The number of methoxy groups -OCH3 is 2. The number of hydrogen-bond donors (Lipinski definition) is 0. The van der Waals surface area contributed by atoms with Crippen molar-refractivity contribution in [2.45, 2.75) is 12.3 Å². The van der Waals surface area contributed by atoms with Gasteiger partial charge in [-0.05, 0) is 36.4 Å². The van der Waals surface area contributed by atoms with E-state index in [2.05, 4.69) is 11.6 Å². The molecule has 0 radical (unpaired) electrons. The number of halogens is 4. The molecule has 2 aromatic carbocycles. The van der Waals surface area contributed by atoms with Crippen LogP contribution in [0, 0.1) is 0 Å². The number of esters is 1. The van der Waals surface area contributed by atoms with Gasteiger partial charge in [0.1, 0.15) is 22.3 Å². The molecule has 0 aliphatic heterocycles. The minimum absolute atomic E-state index is 0.0491. The summed E-state index contributed by atoms with van der Waals surface area (Å²) in [4.78, 5) is 15.8. The molecule has 3 aromatic rings. The highest BCUT2D eigenvalue weighted by Gasteiger charge is 2.32. The summed E-state index contributed by atoms with van der Waals surface area (Å²) >= 11 is 5.88. The van der Waals surface area contributed by atoms with Gasteiger partial charge in [0, 0.05) is 11.8 Å². The van der Waals surface area contributed by atoms with Gasteiger partial charge in [-0.1, -0.05) is 36.4 Å². The van der Waals surface area contributed by atoms with Gasteiger partial charge in [0.25, 0.3) is 0 Å². The fourth-order valence-corrected chi connectivity index (χ4v) is 3.14. The summed E-state index contributed by atoms with van der Waals surface area (Å²) in [6.45, 7) is 3.80. The van der Waals surface area contributed by atoms with Gasteiger partial charge >= 0.3 is 12.1 Å². The third-order valence-electron chi connectivity index (χ3n) is 4.61. The molecule has 0 fully saturated rings. The first-order chi connectivity index (χ1) is 16.1. The molecule has 6 nitrogen and oxygen atoms in total. The van der Waals surface area contributed by atoms with Crippen molar-refractivity contribution < 1.29 is 36.9 Å². The number of nitrogens with zero attached hydrogens (tertiary/aromatic N) is 1. The zero-order valence-corrected chi connectivity index (χ0v) is 18.8. The summed E-state index contributed by atoms with van der Waals surface area (Å²) in [5, 5.41) is -0.291. The van der Waals surface area contributed by atoms with Crippen molar-refractivity contribution in [2.75, 3.05) is 14.2 Å². The smallest absolute Gasteiger partial charge is 0.417 e. The van der Waals surface area contributed by atoms with Crippen LogP contribution < -0.4 is 14.2 Å². The Morgan fingerprint density at radius 2 is 1.71 bits per heavy atom. The summed E-state index contributed by atoms with van der Waals surface area (Å²) in [6.07, 6.45) is -4.85. The van der Waals surface area contributed by atoms with E-state index in [0.717, 1.165) is 6.07 Å². The van der Waals surface area contributed by atoms with E-state index in [1.54, 1.807) is 36.4 Å². The number of pyridine rings is 1. The Morgan fingerprint density at radius 3 is 2.29 bits per heavy atom. The standard InChI is InChI=1S/C24H19ClF3NO5/c1-14(23(30)32-3)21(18-6-4-5-7-20(18)31-2)33-16-8-10-17(11-9-16)34-22-19(25)12-15(13-29-22)24(26,27)28/h4-13,21H,1H2,2-3H3. The van der Waals surface area contributed by atoms with Crippen LogP contribution in [0.2, 0.25) is 5.02 Å². The lowest BCUT2D eigenvalue weighted by molar-refractivity contribution is -0.138. The van der Waals surface area contributed by atoms with Gasteiger partial charge in [0.05, 0.1) is 25.4 Å². The van der Waals surface area contributed by atoms with Gasteiger partial charge in [-0.15, -0.1) is 0 Å². The van der Waals surface area contributed by atoms with Gasteiger partial charge < -0.3 is 18.9 Å². The zero-order chi connectivity index (χ0) is 24.9. The number of ether oxygens (including phenoxy) is 4. The number of carbonyl (C=O) groups is 1. The van der Waals surface area contributed by atoms with Gasteiger partial charge in [-0.3, -0.25) is 0 Å². The van der Waals surface area contributed by atoms with Crippen LogP contribution in [0.1, 0.15) is 17.2 Å². The Bertz CT molecular complexity index is 1180. The van der Waals surface area contributed by atoms with Crippen LogP contribution in [0.25, 0.3) is 0 Å². The second kappa shape index (κ2) is 10.5. The van der Waals surface area contributed by atoms with E-state index < -0.39 is 23.8 Å². The van der Waals surface area contributed by atoms with E-state index >= 15 is 0 Å². The molecule has 10 heteroatoms. The molecule has 178 valence electrons. The predicted molar refractivity (Wildman–Crippen MR) is 118 cm³/mol. The summed E-state index contributed by atoms with van der Waals surface area (Å²) in [6, 6.07) is 13.8. The SMILES string of the molecule is C=C(C(=O)OC)C(Oc1ccc(Oc2ncc(C(F)(F)F)cc2Cl)cc1)c1ccccc1OC. The third-order valence-corrected chi connectivity index (χ3v) is 4.88. The second-order valence-electron chi connectivity index (χ2n) is 6.84. The molecule has 0 amide bonds. The maximum Gasteiger partial charge on any atom is 0.417 e. The topological polar surface area (TPSA) is 66.9 Å². The minimum Gasteiger partial charge on any atom is -0.496 e. The van der Waals surface area contributed by atoms with Crippen LogP contribution in [0.5, 0.6) is 23.1 Å². The fourth-order valence-electron chi connectivity index (χ4n) is 2.93. The Kier molecular flexibility index (Phi) is 7.68. The molecule has 1 heterocycles. The quantitative estimate of drug-likeness (QED) is 0.267. The van der Waals surface area contributed by atoms with E-state index in [1.165, 1.54) is 26.4 Å². The van der Waals surface area contributed by atoms with Crippen molar-refractivity contribution in [1.82, 2.24) is 4.98 Å². The summed E-state index contributed by atoms with van der Waals surface area (Å²) in [5.41, 5.74) is -0.378. The lowest BCUT2D eigenvalue weighted by Crippen LogP contribution is -2.18. The van der Waals surface area contributed by atoms with Crippen molar-refractivity contribution in [1.29, 1.82) is 0 Å². The first-order valence-corrected chi connectivity index (χ1v) is 10.1. The predicted octanol–water partition coefficient (Wildman–Crippen LogP) is 6.40. The first kappa shape index (κ1) is 24.9. The van der Waals surface area contributed by atoms with E-state index in [-0.39, 0.29) is 22.2 Å². The molecule has 3 rings (SSSR count). The molecule has 0 N–H and O–H groups in total. The average Bonchev–Trinajstić information content (AvgIpc) is 2.83. The van der Waals surface area contributed by atoms with E-state index in [4.69, 9.17) is 30.5 Å². The van der Waals surface area contributed by atoms with Crippen LogP contribution in [-0.4, -0.2) is 25.2 Å². The van der Waals surface area contributed by atoms with Crippen LogP contribution in [0.4, 0.5) is 13.2 Å². The number of aromatic nitrogens is 1. The minimum atomic E-state index is -4.57. The van der Waals surface area contributed by atoms with Gasteiger partial charge in [0.2, 0.25) is 5.88 Å². The highest BCUT2D eigenvalue weighted by Crippen LogP contribution is 2.37. The normalized spacial score (nSPS) is 11.9. The third kappa shape index (κ3) is 5.79. The number of rotatable bonds is 8. The van der Waals surface area contributed by atoms with Gasteiger partial charge in [-0.2, -0.15) is 13.2 Å². The number of benzene rings is 2. The van der Waals surface area contributed by atoms with Crippen LogP contribution in [0.3, 0.4) is 0 Å².